The molecule has 142 valence electrons. The molecule has 0 aliphatic heterocycles. The number of rotatable bonds is 9. The summed E-state index contributed by atoms with van der Waals surface area (Å²) in [4.78, 5) is 23.6. The zero-order valence-electron chi connectivity index (χ0n) is 15.4. The minimum absolute atomic E-state index is 0. The summed E-state index contributed by atoms with van der Waals surface area (Å²) in [6, 6.07) is 5.27. The Morgan fingerprint density at radius 2 is 1.92 bits per heavy atom. The van der Waals surface area contributed by atoms with Gasteiger partial charge in [-0.3, -0.25) is 9.59 Å². The van der Waals surface area contributed by atoms with Gasteiger partial charge in [-0.15, -0.1) is 12.4 Å². The van der Waals surface area contributed by atoms with Crippen LogP contribution in [0, 0.1) is 12.8 Å². The zero-order valence-corrected chi connectivity index (χ0v) is 16.2. The van der Waals surface area contributed by atoms with Crippen LogP contribution in [-0.4, -0.2) is 31.0 Å². The summed E-state index contributed by atoms with van der Waals surface area (Å²) >= 11 is 0. The summed E-state index contributed by atoms with van der Waals surface area (Å²) < 4.78 is 5.72. The topological polar surface area (TPSA) is 93.5 Å². The molecule has 25 heavy (non-hydrogen) atoms. The van der Waals surface area contributed by atoms with Crippen molar-refractivity contribution in [3.8, 4) is 5.75 Å². The van der Waals surface area contributed by atoms with Crippen LogP contribution in [0.4, 0.5) is 0 Å². The van der Waals surface area contributed by atoms with Crippen LogP contribution < -0.4 is 21.1 Å². The average molecular weight is 372 g/mol. The third-order valence-electron chi connectivity index (χ3n) is 3.60. The predicted octanol–water partition coefficient (Wildman–Crippen LogP) is 1.92. The highest BCUT2D eigenvalue weighted by Gasteiger charge is 2.17. The minimum atomic E-state index is -0.607. The number of aryl methyl sites for hydroxylation is 1. The average Bonchev–Trinajstić information content (AvgIpc) is 2.55. The van der Waals surface area contributed by atoms with Gasteiger partial charge >= 0.3 is 0 Å². The second kappa shape index (κ2) is 11.7. The Balaban J connectivity index is 0.00000576. The van der Waals surface area contributed by atoms with E-state index in [0.717, 1.165) is 23.3 Å². The van der Waals surface area contributed by atoms with E-state index in [-0.39, 0.29) is 36.7 Å². The van der Waals surface area contributed by atoms with Crippen LogP contribution in [0.1, 0.15) is 38.3 Å². The van der Waals surface area contributed by atoms with Crippen LogP contribution >= 0.6 is 12.4 Å². The maximum Gasteiger partial charge on any atom is 0.239 e. The lowest BCUT2D eigenvalue weighted by atomic mass is 10.1. The highest BCUT2D eigenvalue weighted by atomic mass is 35.5. The van der Waals surface area contributed by atoms with E-state index >= 15 is 0 Å². The lowest BCUT2D eigenvalue weighted by Crippen LogP contribution is -2.47. The van der Waals surface area contributed by atoms with Crippen molar-refractivity contribution < 1.29 is 14.3 Å². The Kier molecular flexibility index (Phi) is 10.9. The Morgan fingerprint density at radius 1 is 1.24 bits per heavy atom. The largest absolute Gasteiger partial charge is 0.493 e. The van der Waals surface area contributed by atoms with Crippen molar-refractivity contribution in [2.24, 2.45) is 11.7 Å². The van der Waals surface area contributed by atoms with Crippen molar-refractivity contribution in [2.75, 3.05) is 13.2 Å². The van der Waals surface area contributed by atoms with Gasteiger partial charge in [0.25, 0.3) is 0 Å². The SMILES string of the molecule is CCCOc1cc(C)ccc1CNC(=O)CNC(=O)[C@@H](N)C(C)C.Cl. The summed E-state index contributed by atoms with van der Waals surface area (Å²) in [5, 5.41) is 5.33. The molecule has 0 aromatic heterocycles. The Bertz CT molecular complexity index is 564. The van der Waals surface area contributed by atoms with Crippen molar-refractivity contribution in [2.45, 2.75) is 46.7 Å². The van der Waals surface area contributed by atoms with Gasteiger partial charge in [0.1, 0.15) is 5.75 Å². The van der Waals surface area contributed by atoms with E-state index in [4.69, 9.17) is 10.5 Å². The summed E-state index contributed by atoms with van der Waals surface area (Å²) in [6.07, 6.45) is 0.919. The van der Waals surface area contributed by atoms with E-state index in [0.29, 0.717) is 13.2 Å². The maximum atomic E-state index is 11.9. The van der Waals surface area contributed by atoms with Gasteiger partial charge < -0.3 is 21.1 Å². The van der Waals surface area contributed by atoms with Gasteiger partial charge in [0.2, 0.25) is 11.8 Å². The molecule has 0 spiro atoms. The zero-order chi connectivity index (χ0) is 18.1. The molecule has 0 unspecified atom stereocenters. The van der Waals surface area contributed by atoms with E-state index in [1.165, 1.54) is 0 Å². The number of nitrogens with one attached hydrogen (secondary N) is 2. The van der Waals surface area contributed by atoms with Crippen LogP contribution in [-0.2, 0) is 16.1 Å². The quantitative estimate of drug-likeness (QED) is 0.618. The fourth-order valence-corrected chi connectivity index (χ4v) is 2.00. The summed E-state index contributed by atoms with van der Waals surface area (Å²) in [7, 11) is 0. The van der Waals surface area contributed by atoms with Crippen LogP contribution in [0.15, 0.2) is 18.2 Å². The number of amides is 2. The molecule has 0 fully saturated rings. The fourth-order valence-electron chi connectivity index (χ4n) is 2.00. The lowest BCUT2D eigenvalue weighted by molar-refractivity contribution is -0.127. The molecule has 1 atom stereocenters. The van der Waals surface area contributed by atoms with Crippen molar-refractivity contribution >= 4 is 24.2 Å². The second-order valence-corrected chi connectivity index (χ2v) is 6.22. The Morgan fingerprint density at radius 3 is 2.52 bits per heavy atom. The molecule has 0 aliphatic rings. The maximum absolute atomic E-state index is 11.9. The Labute approximate surface area is 156 Å². The van der Waals surface area contributed by atoms with Crippen molar-refractivity contribution in [1.29, 1.82) is 0 Å². The molecule has 0 saturated carbocycles. The van der Waals surface area contributed by atoms with Crippen LogP contribution in [0.5, 0.6) is 5.75 Å². The summed E-state index contributed by atoms with van der Waals surface area (Å²) in [5.74, 6) is 0.227. The van der Waals surface area contributed by atoms with Gasteiger partial charge in [0.05, 0.1) is 19.2 Å². The molecule has 1 rings (SSSR count). The smallest absolute Gasteiger partial charge is 0.239 e. The first kappa shape index (κ1) is 23.2. The first-order valence-corrected chi connectivity index (χ1v) is 8.37. The molecule has 0 aliphatic carbocycles. The number of hydrogen-bond acceptors (Lipinski definition) is 4. The standard InChI is InChI=1S/C18H29N3O3.ClH/c1-5-8-24-15-9-13(4)6-7-14(15)10-20-16(22)11-21-18(23)17(19)12(2)3;/h6-7,9,12,17H,5,8,10-11,19H2,1-4H3,(H,20,22)(H,21,23);1H/t17-;/m0./s1. The van der Waals surface area contributed by atoms with Crippen molar-refractivity contribution in [1.82, 2.24) is 10.6 Å². The number of carbonyl (C=O) groups is 2. The van der Waals surface area contributed by atoms with Gasteiger partial charge in [-0.05, 0) is 30.9 Å². The van der Waals surface area contributed by atoms with E-state index < -0.39 is 6.04 Å². The lowest BCUT2D eigenvalue weighted by Gasteiger charge is -2.15. The molecule has 0 radical (unpaired) electrons. The molecular formula is C18H30ClN3O3. The van der Waals surface area contributed by atoms with Crippen molar-refractivity contribution in [3.63, 3.8) is 0 Å². The number of halogens is 1. The van der Waals surface area contributed by atoms with E-state index in [1.807, 2.05) is 45.9 Å². The monoisotopic (exact) mass is 371 g/mol. The third-order valence-corrected chi connectivity index (χ3v) is 3.60. The number of carbonyl (C=O) groups excluding carboxylic acids is 2. The summed E-state index contributed by atoms with van der Waals surface area (Å²) in [6.45, 7) is 8.66. The Hall–Kier alpha value is -1.79. The fraction of sp³-hybridized carbons (Fsp3) is 0.556. The highest BCUT2D eigenvalue weighted by Crippen LogP contribution is 2.20. The number of hydrogen-bond donors (Lipinski definition) is 3. The molecule has 7 heteroatoms. The minimum Gasteiger partial charge on any atom is -0.493 e. The van der Waals surface area contributed by atoms with Gasteiger partial charge in [0.15, 0.2) is 0 Å². The molecular weight excluding hydrogens is 342 g/mol. The molecule has 0 heterocycles. The van der Waals surface area contributed by atoms with Crippen molar-refractivity contribution in [3.05, 3.63) is 29.3 Å². The van der Waals surface area contributed by atoms with Gasteiger partial charge in [-0.25, -0.2) is 0 Å². The van der Waals surface area contributed by atoms with Gasteiger partial charge in [0, 0.05) is 12.1 Å². The normalized spacial score (nSPS) is 11.4. The van der Waals surface area contributed by atoms with Crippen LogP contribution in [0.25, 0.3) is 0 Å². The predicted molar refractivity (Wildman–Crippen MR) is 102 cm³/mol. The third kappa shape index (κ3) is 8.23. The van der Waals surface area contributed by atoms with Crippen LogP contribution in [0.2, 0.25) is 0 Å². The molecule has 1 aromatic carbocycles. The van der Waals surface area contributed by atoms with E-state index in [1.54, 1.807) is 0 Å². The second-order valence-electron chi connectivity index (χ2n) is 6.22. The van der Waals surface area contributed by atoms with E-state index in [2.05, 4.69) is 10.6 Å². The molecule has 1 aromatic rings. The highest BCUT2D eigenvalue weighted by molar-refractivity contribution is 5.87. The molecule has 4 N–H and O–H groups in total. The van der Waals surface area contributed by atoms with Crippen LogP contribution in [0.3, 0.4) is 0 Å². The molecule has 0 bridgehead atoms. The number of ether oxygens (including phenoxy) is 1. The number of benzene rings is 1. The molecule has 2 amide bonds. The first-order chi connectivity index (χ1) is 11.3. The number of nitrogens with two attached hydrogens (primary N) is 1. The van der Waals surface area contributed by atoms with Gasteiger partial charge in [-0.1, -0.05) is 32.9 Å². The summed E-state index contributed by atoms with van der Waals surface area (Å²) in [5.41, 5.74) is 7.74. The first-order valence-electron chi connectivity index (χ1n) is 8.37. The molecule has 6 nitrogen and oxygen atoms in total. The van der Waals surface area contributed by atoms with E-state index in [9.17, 15) is 9.59 Å². The van der Waals surface area contributed by atoms with Gasteiger partial charge in [-0.2, -0.15) is 0 Å². The molecule has 0 saturated heterocycles.